The lowest BCUT2D eigenvalue weighted by molar-refractivity contribution is -0.142. The fourth-order valence-electron chi connectivity index (χ4n) is 5.24. The summed E-state index contributed by atoms with van der Waals surface area (Å²) in [6.45, 7) is 4.05. The Morgan fingerprint density at radius 2 is 1.94 bits per heavy atom. The first-order valence-electron chi connectivity index (χ1n) is 12.4. The van der Waals surface area contributed by atoms with Gasteiger partial charge in [-0.25, -0.2) is 0 Å². The summed E-state index contributed by atoms with van der Waals surface area (Å²) in [5.74, 6) is -0.00597. The van der Waals surface area contributed by atoms with Crippen molar-refractivity contribution >= 4 is 28.5 Å². The van der Waals surface area contributed by atoms with E-state index in [0.29, 0.717) is 37.1 Å². The number of aromatic amines is 1. The van der Waals surface area contributed by atoms with Gasteiger partial charge in [0.15, 0.2) is 5.78 Å². The quantitative estimate of drug-likeness (QED) is 0.510. The number of likely N-dealkylation sites (tertiary alicyclic amines) is 1. The number of Topliss-reactive ketones (excluding diaryl/α,β-unsaturated/α-hetero) is 1. The number of nitrogens with zero attached hydrogens (tertiary/aromatic N) is 1. The van der Waals surface area contributed by atoms with E-state index >= 15 is 0 Å². The Hall–Kier alpha value is -3.65. The molecule has 4 N–H and O–H groups in total. The molecule has 1 spiro atoms. The molecule has 0 bridgehead atoms. The number of ether oxygens (including phenoxy) is 1. The Morgan fingerprint density at radius 1 is 1.19 bits per heavy atom. The van der Waals surface area contributed by atoms with Gasteiger partial charge in [-0.3, -0.25) is 14.4 Å². The number of ketones is 1. The highest BCUT2D eigenvalue weighted by Crippen LogP contribution is 2.38. The third-order valence-electron chi connectivity index (χ3n) is 7.14. The van der Waals surface area contributed by atoms with Crippen molar-refractivity contribution in [3.05, 3.63) is 65.9 Å². The number of fused-ring (bicyclic) bond motifs is 2. The molecule has 0 radical (unpaired) electrons. The first-order chi connectivity index (χ1) is 17.2. The van der Waals surface area contributed by atoms with E-state index in [9.17, 15) is 14.4 Å². The number of rotatable bonds is 5. The molecule has 0 aliphatic carbocycles. The van der Waals surface area contributed by atoms with Crippen molar-refractivity contribution < 1.29 is 19.1 Å². The minimum Gasteiger partial charge on any atom is -0.484 e. The van der Waals surface area contributed by atoms with Crippen LogP contribution < -0.4 is 15.8 Å². The van der Waals surface area contributed by atoms with E-state index < -0.39 is 23.1 Å². The molecule has 5 rings (SSSR count). The van der Waals surface area contributed by atoms with Gasteiger partial charge in [-0.15, -0.1) is 0 Å². The van der Waals surface area contributed by atoms with Gasteiger partial charge in [-0.05, 0) is 50.5 Å². The number of carbonyl (C=O) groups is 3. The molecule has 1 fully saturated rings. The molecular weight excluding hydrogens is 456 g/mol. The number of nitrogens with two attached hydrogens (primary N) is 1. The first kappa shape index (κ1) is 24.1. The molecule has 1 aromatic heterocycles. The number of hydrogen-bond donors (Lipinski definition) is 3. The number of nitrogens with one attached hydrogen (secondary N) is 2. The van der Waals surface area contributed by atoms with Crippen molar-refractivity contribution in [1.29, 1.82) is 0 Å². The number of H-pyrrole nitrogens is 1. The first-order valence-corrected chi connectivity index (χ1v) is 12.4. The van der Waals surface area contributed by atoms with E-state index in [-0.39, 0.29) is 24.7 Å². The van der Waals surface area contributed by atoms with Gasteiger partial charge in [0, 0.05) is 30.1 Å². The number of hydrogen-bond acceptors (Lipinski definition) is 5. The molecule has 8 heteroatoms. The average Bonchev–Trinajstić information content (AvgIpc) is 3.25. The number of para-hydroxylation sites is 2. The van der Waals surface area contributed by atoms with Gasteiger partial charge in [-0.2, -0.15) is 0 Å². The Kier molecular flexibility index (Phi) is 6.08. The van der Waals surface area contributed by atoms with Crippen molar-refractivity contribution in [3.8, 4) is 5.75 Å². The van der Waals surface area contributed by atoms with E-state index in [0.717, 1.165) is 16.5 Å². The maximum atomic E-state index is 13.9. The largest absolute Gasteiger partial charge is 0.484 e. The van der Waals surface area contributed by atoms with Crippen LogP contribution in [0.25, 0.3) is 10.9 Å². The molecule has 3 aromatic rings. The van der Waals surface area contributed by atoms with Crippen LogP contribution >= 0.6 is 0 Å². The monoisotopic (exact) mass is 488 g/mol. The number of amides is 2. The lowest BCUT2D eigenvalue weighted by atomic mass is 9.83. The number of piperidine rings is 1. The summed E-state index contributed by atoms with van der Waals surface area (Å²) < 4.78 is 6.36. The molecule has 3 heterocycles. The third kappa shape index (κ3) is 4.60. The highest BCUT2D eigenvalue weighted by molar-refractivity contribution is 6.00. The molecule has 2 atom stereocenters. The second kappa shape index (κ2) is 9.09. The van der Waals surface area contributed by atoms with E-state index in [1.54, 1.807) is 30.9 Å². The zero-order valence-corrected chi connectivity index (χ0v) is 20.7. The summed E-state index contributed by atoms with van der Waals surface area (Å²) >= 11 is 0. The van der Waals surface area contributed by atoms with Crippen molar-refractivity contribution in [2.45, 2.75) is 56.7 Å². The van der Waals surface area contributed by atoms with Crippen molar-refractivity contribution in [2.24, 2.45) is 5.73 Å². The molecule has 0 saturated carbocycles. The standard InChI is InChI=1S/C28H32N4O4/c1-27(2,29)26(35)31-22(14-18-16-30-21-10-5-3-8-19(18)21)25(34)32-13-7-12-28(17-32)15-23(33)20-9-4-6-11-24(20)36-28/h3-6,8-11,16,22,30H,7,12-15,17,29H2,1-2H3,(H,31,35)/t22-,28?/m1/s1. The van der Waals surface area contributed by atoms with Crippen molar-refractivity contribution in [2.75, 3.05) is 13.1 Å². The highest BCUT2D eigenvalue weighted by atomic mass is 16.5. The van der Waals surface area contributed by atoms with Crippen LogP contribution in [0, 0.1) is 0 Å². The Morgan fingerprint density at radius 3 is 2.75 bits per heavy atom. The van der Waals surface area contributed by atoms with E-state index in [4.69, 9.17) is 10.5 Å². The molecule has 1 saturated heterocycles. The third-order valence-corrected chi connectivity index (χ3v) is 7.14. The zero-order chi connectivity index (χ0) is 25.5. The average molecular weight is 489 g/mol. The van der Waals surface area contributed by atoms with Crippen molar-refractivity contribution in [1.82, 2.24) is 15.2 Å². The maximum absolute atomic E-state index is 13.9. The van der Waals surface area contributed by atoms with Crippen LogP contribution in [0.2, 0.25) is 0 Å². The normalized spacial score (nSPS) is 20.6. The van der Waals surface area contributed by atoms with Gasteiger partial charge in [0.2, 0.25) is 11.8 Å². The molecule has 188 valence electrons. The van der Waals surface area contributed by atoms with E-state index in [1.807, 2.05) is 42.6 Å². The van der Waals surface area contributed by atoms with Crippen LogP contribution in [-0.4, -0.2) is 57.8 Å². The molecule has 2 amide bonds. The predicted molar refractivity (Wildman–Crippen MR) is 137 cm³/mol. The highest BCUT2D eigenvalue weighted by Gasteiger charge is 2.45. The van der Waals surface area contributed by atoms with Crippen LogP contribution in [0.1, 0.15) is 49.0 Å². The topological polar surface area (TPSA) is 118 Å². The van der Waals surface area contributed by atoms with E-state index in [2.05, 4.69) is 10.3 Å². The molecular formula is C28H32N4O4. The minimum absolute atomic E-state index is 0.0275. The number of carbonyl (C=O) groups excluding carboxylic acids is 3. The Labute approximate surface area is 210 Å². The smallest absolute Gasteiger partial charge is 0.245 e. The SMILES string of the molecule is CC(C)(N)C(=O)N[C@H](Cc1c[nH]c2ccccc12)C(=O)N1CCCC2(CC(=O)c3ccccc3O2)C1. The summed E-state index contributed by atoms with van der Waals surface area (Å²) in [6, 6.07) is 14.3. The van der Waals surface area contributed by atoms with Crippen molar-refractivity contribution in [3.63, 3.8) is 0 Å². The minimum atomic E-state index is -1.13. The van der Waals surface area contributed by atoms with Gasteiger partial charge in [-0.1, -0.05) is 30.3 Å². The van der Waals surface area contributed by atoms with Gasteiger partial charge in [0.05, 0.1) is 24.1 Å². The van der Waals surface area contributed by atoms with Crippen LogP contribution in [0.3, 0.4) is 0 Å². The fraction of sp³-hybridized carbons (Fsp3) is 0.393. The molecule has 36 heavy (non-hydrogen) atoms. The fourth-order valence-corrected chi connectivity index (χ4v) is 5.24. The summed E-state index contributed by atoms with van der Waals surface area (Å²) in [4.78, 5) is 44.6. The number of aromatic nitrogens is 1. The summed E-state index contributed by atoms with van der Waals surface area (Å²) in [6.07, 6.45) is 3.81. The Bertz CT molecular complexity index is 1320. The molecule has 1 unspecified atom stereocenters. The number of benzene rings is 2. The summed E-state index contributed by atoms with van der Waals surface area (Å²) in [7, 11) is 0. The van der Waals surface area contributed by atoms with Crippen LogP contribution in [0.15, 0.2) is 54.7 Å². The molecule has 8 nitrogen and oxygen atoms in total. The molecule has 2 aliphatic rings. The lowest BCUT2D eigenvalue weighted by Crippen LogP contribution is -2.61. The summed E-state index contributed by atoms with van der Waals surface area (Å²) in [5, 5.41) is 3.90. The van der Waals surface area contributed by atoms with Gasteiger partial charge < -0.3 is 25.7 Å². The van der Waals surface area contributed by atoms with Gasteiger partial charge in [0.1, 0.15) is 17.4 Å². The van der Waals surface area contributed by atoms with Crippen LogP contribution in [0.4, 0.5) is 0 Å². The second-order valence-electron chi connectivity index (χ2n) is 10.6. The van der Waals surface area contributed by atoms with Gasteiger partial charge >= 0.3 is 0 Å². The molecule has 2 aromatic carbocycles. The summed E-state index contributed by atoms with van der Waals surface area (Å²) in [5.41, 5.74) is 6.63. The maximum Gasteiger partial charge on any atom is 0.245 e. The van der Waals surface area contributed by atoms with Crippen LogP contribution in [-0.2, 0) is 16.0 Å². The predicted octanol–water partition coefficient (Wildman–Crippen LogP) is 2.96. The van der Waals surface area contributed by atoms with E-state index in [1.165, 1.54) is 0 Å². The van der Waals surface area contributed by atoms with Gasteiger partial charge in [0.25, 0.3) is 0 Å². The zero-order valence-electron chi connectivity index (χ0n) is 20.7. The lowest BCUT2D eigenvalue weighted by Gasteiger charge is -2.45. The second-order valence-corrected chi connectivity index (χ2v) is 10.6. The molecule has 2 aliphatic heterocycles. The van der Waals surface area contributed by atoms with Crippen LogP contribution in [0.5, 0.6) is 5.75 Å². The Balaban J connectivity index is 1.41.